The highest BCUT2D eigenvalue weighted by Crippen LogP contribution is 2.16. The van der Waals surface area contributed by atoms with Gasteiger partial charge in [0.25, 0.3) is 0 Å². The average Bonchev–Trinajstić information content (AvgIpc) is 2.12. The Labute approximate surface area is 78.8 Å². The molecule has 0 bridgehead atoms. The molecule has 70 valence electrons. The normalized spacial score (nSPS) is 16.7. The van der Waals surface area contributed by atoms with E-state index >= 15 is 0 Å². The molecule has 3 nitrogen and oxygen atoms in total. The van der Waals surface area contributed by atoms with Gasteiger partial charge in [-0.3, -0.25) is 4.98 Å². The van der Waals surface area contributed by atoms with Crippen molar-refractivity contribution >= 4 is 5.69 Å². The van der Waals surface area contributed by atoms with Gasteiger partial charge in [-0.1, -0.05) is 0 Å². The first-order valence-electron chi connectivity index (χ1n) is 4.79. The van der Waals surface area contributed by atoms with E-state index in [4.69, 9.17) is 0 Å². The molecule has 1 aliphatic heterocycles. The number of aromatic nitrogens is 1. The van der Waals surface area contributed by atoms with Crippen LogP contribution in [-0.2, 0) is 0 Å². The number of nitrogens with zero attached hydrogens (tertiary/aromatic N) is 2. The molecule has 1 fully saturated rings. The van der Waals surface area contributed by atoms with Gasteiger partial charge in [-0.05, 0) is 19.1 Å². The quantitative estimate of drug-likeness (QED) is 0.743. The van der Waals surface area contributed by atoms with Gasteiger partial charge in [0.1, 0.15) is 0 Å². The van der Waals surface area contributed by atoms with Gasteiger partial charge in [0.2, 0.25) is 0 Å². The third-order valence-corrected chi connectivity index (χ3v) is 2.54. The molecular weight excluding hydrogens is 162 g/mol. The van der Waals surface area contributed by atoms with E-state index in [1.807, 2.05) is 12.4 Å². The van der Waals surface area contributed by atoms with Crippen LogP contribution in [0.25, 0.3) is 0 Å². The lowest BCUT2D eigenvalue weighted by molar-refractivity contribution is 0.417. The number of pyridine rings is 1. The van der Waals surface area contributed by atoms with E-state index in [9.17, 15) is 0 Å². The Morgan fingerprint density at radius 2 is 2.15 bits per heavy atom. The summed E-state index contributed by atoms with van der Waals surface area (Å²) in [7, 11) is 0. The van der Waals surface area contributed by atoms with E-state index < -0.39 is 0 Å². The molecule has 0 amide bonds. The van der Waals surface area contributed by atoms with Crippen LogP contribution in [0.2, 0.25) is 0 Å². The maximum Gasteiger partial charge on any atom is 0.0538 e. The molecule has 2 heterocycles. The SMILES string of the molecule is CCN(c1ccncc1)C1CNC1. The van der Waals surface area contributed by atoms with Crippen LogP contribution in [0.1, 0.15) is 6.92 Å². The molecule has 0 saturated carbocycles. The highest BCUT2D eigenvalue weighted by atomic mass is 15.2. The number of anilines is 1. The molecular formula is C10H15N3. The second-order valence-corrected chi connectivity index (χ2v) is 3.30. The minimum Gasteiger partial charge on any atom is -0.366 e. The van der Waals surface area contributed by atoms with Crippen molar-refractivity contribution < 1.29 is 0 Å². The number of nitrogens with one attached hydrogen (secondary N) is 1. The Morgan fingerprint density at radius 1 is 1.46 bits per heavy atom. The van der Waals surface area contributed by atoms with E-state index in [1.54, 1.807) is 0 Å². The molecule has 0 aliphatic carbocycles. The second kappa shape index (κ2) is 3.75. The van der Waals surface area contributed by atoms with Crippen LogP contribution >= 0.6 is 0 Å². The summed E-state index contributed by atoms with van der Waals surface area (Å²) >= 11 is 0. The first-order chi connectivity index (χ1) is 6.42. The maximum absolute atomic E-state index is 4.02. The van der Waals surface area contributed by atoms with Crippen LogP contribution in [0.5, 0.6) is 0 Å². The van der Waals surface area contributed by atoms with Gasteiger partial charge in [-0.15, -0.1) is 0 Å². The summed E-state index contributed by atoms with van der Waals surface area (Å²) in [4.78, 5) is 6.44. The van der Waals surface area contributed by atoms with Crippen molar-refractivity contribution in [2.24, 2.45) is 0 Å². The van der Waals surface area contributed by atoms with E-state index in [2.05, 4.69) is 34.3 Å². The van der Waals surface area contributed by atoms with Gasteiger partial charge in [-0.25, -0.2) is 0 Å². The standard InChI is InChI=1S/C10H15N3/c1-2-13(10-7-12-8-10)9-3-5-11-6-4-9/h3-6,10,12H,2,7-8H2,1H3. The van der Waals surface area contributed by atoms with Gasteiger partial charge in [0, 0.05) is 37.7 Å². The predicted molar refractivity (Wildman–Crippen MR) is 53.9 cm³/mol. The summed E-state index contributed by atoms with van der Waals surface area (Å²) in [6, 6.07) is 4.82. The van der Waals surface area contributed by atoms with Crippen molar-refractivity contribution in [2.45, 2.75) is 13.0 Å². The van der Waals surface area contributed by atoms with E-state index in [0.29, 0.717) is 6.04 Å². The molecule has 1 aromatic heterocycles. The number of rotatable bonds is 3. The third-order valence-electron chi connectivity index (χ3n) is 2.54. The fraction of sp³-hybridized carbons (Fsp3) is 0.500. The molecule has 0 radical (unpaired) electrons. The van der Waals surface area contributed by atoms with Gasteiger partial charge >= 0.3 is 0 Å². The Kier molecular flexibility index (Phi) is 2.45. The van der Waals surface area contributed by atoms with Gasteiger partial charge in [0.15, 0.2) is 0 Å². The minimum absolute atomic E-state index is 0.674. The predicted octanol–water partition coefficient (Wildman–Crippen LogP) is 0.880. The second-order valence-electron chi connectivity index (χ2n) is 3.30. The molecule has 1 aromatic rings. The molecule has 1 N–H and O–H groups in total. The van der Waals surface area contributed by atoms with Crippen molar-refractivity contribution in [3.8, 4) is 0 Å². The summed E-state index contributed by atoms with van der Waals surface area (Å²) < 4.78 is 0. The van der Waals surface area contributed by atoms with Crippen LogP contribution in [0.4, 0.5) is 5.69 Å². The zero-order chi connectivity index (χ0) is 9.10. The third kappa shape index (κ3) is 1.65. The molecule has 1 saturated heterocycles. The topological polar surface area (TPSA) is 28.2 Å². The lowest BCUT2D eigenvalue weighted by Crippen LogP contribution is -2.57. The maximum atomic E-state index is 4.02. The summed E-state index contributed by atoms with van der Waals surface area (Å²) in [5.74, 6) is 0. The number of hydrogen-bond donors (Lipinski definition) is 1. The zero-order valence-electron chi connectivity index (χ0n) is 7.90. The van der Waals surface area contributed by atoms with Crippen LogP contribution < -0.4 is 10.2 Å². The highest BCUT2D eigenvalue weighted by Gasteiger charge is 2.23. The van der Waals surface area contributed by atoms with Crippen LogP contribution in [0.15, 0.2) is 24.5 Å². The fourth-order valence-corrected chi connectivity index (χ4v) is 1.68. The van der Waals surface area contributed by atoms with E-state index in [-0.39, 0.29) is 0 Å². The fourth-order valence-electron chi connectivity index (χ4n) is 1.68. The minimum atomic E-state index is 0.674. The number of hydrogen-bond acceptors (Lipinski definition) is 3. The van der Waals surface area contributed by atoms with Crippen molar-refractivity contribution in [1.29, 1.82) is 0 Å². The van der Waals surface area contributed by atoms with Gasteiger partial charge < -0.3 is 10.2 Å². The van der Waals surface area contributed by atoms with Crippen LogP contribution in [0.3, 0.4) is 0 Å². The molecule has 2 rings (SSSR count). The van der Waals surface area contributed by atoms with Gasteiger partial charge in [0.05, 0.1) is 6.04 Å². The monoisotopic (exact) mass is 177 g/mol. The van der Waals surface area contributed by atoms with E-state index in [0.717, 1.165) is 19.6 Å². The molecule has 1 aliphatic rings. The van der Waals surface area contributed by atoms with Crippen molar-refractivity contribution in [2.75, 3.05) is 24.5 Å². The Bertz CT molecular complexity index is 256. The first kappa shape index (κ1) is 8.51. The molecule has 3 heteroatoms. The highest BCUT2D eigenvalue weighted by molar-refractivity contribution is 5.46. The smallest absolute Gasteiger partial charge is 0.0538 e. The largest absolute Gasteiger partial charge is 0.366 e. The Balaban J connectivity index is 2.12. The summed E-state index contributed by atoms with van der Waals surface area (Å²) in [5, 5.41) is 3.29. The number of likely N-dealkylation sites (N-methyl/N-ethyl adjacent to an activating group) is 1. The first-order valence-corrected chi connectivity index (χ1v) is 4.79. The van der Waals surface area contributed by atoms with Crippen molar-refractivity contribution in [3.63, 3.8) is 0 Å². The van der Waals surface area contributed by atoms with Crippen molar-refractivity contribution in [3.05, 3.63) is 24.5 Å². The lowest BCUT2D eigenvalue weighted by Gasteiger charge is -2.39. The van der Waals surface area contributed by atoms with Gasteiger partial charge in [-0.2, -0.15) is 0 Å². The summed E-state index contributed by atoms with van der Waals surface area (Å²) in [5.41, 5.74) is 1.28. The van der Waals surface area contributed by atoms with Crippen molar-refractivity contribution in [1.82, 2.24) is 10.3 Å². The Morgan fingerprint density at radius 3 is 2.62 bits per heavy atom. The molecule has 0 aromatic carbocycles. The Hall–Kier alpha value is -1.09. The molecule has 0 unspecified atom stereocenters. The summed E-state index contributed by atoms with van der Waals surface area (Å²) in [6.07, 6.45) is 3.70. The van der Waals surface area contributed by atoms with Crippen LogP contribution in [-0.4, -0.2) is 30.7 Å². The molecule has 13 heavy (non-hydrogen) atoms. The molecule has 0 atom stereocenters. The zero-order valence-corrected chi connectivity index (χ0v) is 7.90. The van der Waals surface area contributed by atoms with Crippen LogP contribution in [0, 0.1) is 0 Å². The average molecular weight is 177 g/mol. The van der Waals surface area contributed by atoms with E-state index in [1.165, 1.54) is 5.69 Å². The molecule has 0 spiro atoms. The lowest BCUT2D eigenvalue weighted by atomic mass is 10.1. The summed E-state index contributed by atoms with van der Waals surface area (Å²) in [6.45, 7) is 5.47.